The molecular formula is C16H17F2N3O3. The van der Waals surface area contributed by atoms with Crippen LogP contribution in [0.4, 0.5) is 8.78 Å². The number of hydrogen-bond donors (Lipinski definition) is 1. The number of carbonyl (C=O) groups excluding carboxylic acids is 1. The molecule has 1 N–H and O–H groups in total. The number of amides is 1. The Bertz CT molecular complexity index is 714. The third-order valence-corrected chi connectivity index (χ3v) is 3.76. The Kier molecular flexibility index (Phi) is 5.14. The minimum atomic E-state index is -0.915. The third kappa shape index (κ3) is 4.14. The number of halogens is 2. The molecule has 3 rings (SSSR count). The van der Waals surface area contributed by atoms with Gasteiger partial charge in [-0.05, 0) is 37.0 Å². The zero-order valence-corrected chi connectivity index (χ0v) is 12.9. The van der Waals surface area contributed by atoms with Crippen LogP contribution < -0.4 is 5.32 Å². The number of ether oxygens (including phenoxy) is 1. The van der Waals surface area contributed by atoms with Gasteiger partial charge in [-0.3, -0.25) is 4.79 Å². The van der Waals surface area contributed by atoms with Crippen molar-refractivity contribution in [1.29, 1.82) is 0 Å². The number of carbonyl (C=O) groups is 1. The maximum atomic E-state index is 13.1. The van der Waals surface area contributed by atoms with Crippen LogP contribution in [0.25, 0.3) is 0 Å². The van der Waals surface area contributed by atoms with E-state index in [1.807, 2.05) is 0 Å². The van der Waals surface area contributed by atoms with E-state index in [0.717, 1.165) is 25.0 Å². The predicted molar refractivity (Wildman–Crippen MR) is 78.8 cm³/mol. The van der Waals surface area contributed by atoms with Crippen LogP contribution in [0.5, 0.6) is 0 Å². The van der Waals surface area contributed by atoms with Crippen LogP contribution in [0.1, 0.15) is 42.6 Å². The largest absolute Gasteiger partial charge is 0.368 e. The summed E-state index contributed by atoms with van der Waals surface area (Å²) in [4.78, 5) is 16.0. The number of benzene rings is 1. The van der Waals surface area contributed by atoms with E-state index >= 15 is 0 Å². The van der Waals surface area contributed by atoms with Crippen LogP contribution in [0.15, 0.2) is 22.7 Å². The fraction of sp³-hybridized carbons (Fsp3) is 0.438. The molecule has 0 saturated carbocycles. The van der Waals surface area contributed by atoms with Gasteiger partial charge in [-0.2, -0.15) is 4.98 Å². The molecule has 1 amide bonds. The zero-order valence-electron chi connectivity index (χ0n) is 12.9. The van der Waals surface area contributed by atoms with E-state index in [1.165, 1.54) is 6.07 Å². The molecule has 1 aromatic heterocycles. The first kappa shape index (κ1) is 16.5. The highest BCUT2D eigenvalue weighted by molar-refractivity contribution is 5.76. The molecule has 24 heavy (non-hydrogen) atoms. The molecule has 2 aromatic rings. The molecule has 1 unspecified atom stereocenters. The molecule has 1 aromatic carbocycles. The van der Waals surface area contributed by atoms with Crippen LogP contribution in [0.2, 0.25) is 0 Å². The number of nitrogens with one attached hydrogen (secondary N) is 1. The molecule has 6 nitrogen and oxygen atoms in total. The van der Waals surface area contributed by atoms with Crippen LogP contribution in [0, 0.1) is 11.6 Å². The molecule has 1 fully saturated rings. The Morgan fingerprint density at radius 3 is 2.96 bits per heavy atom. The summed E-state index contributed by atoms with van der Waals surface area (Å²) in [6.07, 6.45) is 2.12. The first-order chi connectivity index (χ1) is 11.6. The van der Waals surface area contributed by atoms with Crippen LogP contribution in [-0.2, 0) is 22.5 Å². The quantitative estimate of drug-likeness (QED) is 0.876. The van der Waals surface area contributed by atoms with Crippen molar-refractivity contribution in [2.24, 2.45) is 0 Å². The predicted octanol–water partition coefficient (Wildman–Crippen LogP) is 2.45. The summed E-state index contributed by atoms with van der Waals surface area (Å²) < 4.78 is 36.5. The Labute approximate surface area is 137 Å². The van der Waals surface area contributed by atoms with E-state index in [2.05, 4.69) is 15.5 Å². The summed E-state index contributed by atoms with van der Waals surface area (Å²) in [6.45, 7) is 0.829. The van der Waals surface area contributed by atoms with Gasteiger partial charge in [-0.1, -0.05) is 11.2 Å². The van der Waals surface area contributed by atoms with Gasteiger partial charge in [0.2, 0.25) is 5.91 Å². The van der Waals surface area contributed by atoms with Crippen molar-refractivity contribution in [2.45, 2.75) is 38.3 Å². The van der Waals surface area contributed by atoms with Crippen molar-refractivity contribution in [2.75, 3.05) is 6.61 Å². The van der Waals surface area contributed by atoms with E-state index in [0.29, 0.717) is 30.3 Å². The molecule has 0 spiro atoms. The Morgan fingerprint density at radius 1 is 1.33 bits per heavy atom. The lowest BCUT2D eigenvalue weighted by molar-refractivity contribution is -0.121. The van der Waals surface area contributed by atoms with E-state index < -0.39 is 11.6 Å². The average Bonchev–Trinajstić information content (AvgIpc) is 3.25. The number of rotatable bonds is 6. The lowest BCUT2D eigenvalue weighted by atomic mass is 10.1. The Balaban J connectivity index is 1.44. The summed E-state index contributed by atoms with van der Waals surface area (Å²) in [5.74, 6) is -1.24. The molecule has 8 heteroatoms. The highest BCUT2D eigenvalue weighted by Gasteiger charge is 2.23. The highest BCUT2D eigenvalue weighted by Crippen LogP contribution is 2.26. The maximum absolute atomic E-state index is 13.1. The smallest absolute Gasteiger partial charge is 0.255 e. The van der Waals surface area contributed by atoms with E-state index in [1.54, 1.807) is 0 Å². The molecule has 1 aliphatic rings. The topological polar surface area (TPSA) is 77.2 Å². The number of aryl methyl sites for hydroxylation is 1. The molecule has 1 aliphatic heterocycles. The monoisotopic (exact) mass is 337 g/mol. The van der Waals surface area contributed by atoms with Crippen LogP contribution >= 0.6 is 0 Å². The van der Waals surface area contributed by atoms with Gasteiger partial charge in [-0.15, -0.1) is 0 Å². The van der Waals surface area contributed by atoms with E-state index in [-0.39, 0.29) is 25.0 Å². The fourth-order valence-corrected chi connectivity index (χ4v) is 2.46. The second-order valence-electron chi connectivity index (χ2n) is 5.58. The van der Waals surface area contributed by atoms with Crippen molar-refractivity contribution in [1.82, 2.24) is 15.5 Å². The van der Waals surface area contributed by atoms with Gasteiger partial charge in [0.05, 0.1) is 6.54 Å². The normalized spacial score (nSPS) is 17.2. The third-order valence-electron chi connectivity index (χ3n) is 3.76. The first-order valence-corrected chi connectivity index (χ1v) is 7.76. The molecular weight excluding hydrogens is 320 g/mol. The summed E-state index contributed by atoms with van der Waals surface area (Å²) in [6, 6.07) is 3.60. The van der Waals surface area contributed by atoms with Crippen LogP contribution in [0.3, 0.4) is 0 Å². The molecule has 1 saturated heterocycles. The zero-order chi connectivity index (χ0) is 16.9. The van der Waals surface area contributed by atoms with Gasteiger partial charge in [0.15, 0.2) is 17.5 Å². The van der Waals surface area contributed by atoms with Crippen molar-refractivity contribution in [3.05, 3.63) is 47.1 Å². The van der Waals surface area contributed by atoms with Crippen molar-refractivity contribution >= 4 is 5.91 Å². The van der Waals surface area contributed by atoms with Gasteiger partial charge in [0.1, 0.15) is 6.10 Å². The molecule has 128 valence electrons. The fourth-order valence-electron chi connectivity index (χ4n) is 2.46. The van der Waals surface area contributed by atoms with Gasteiger partial charge >= 0.3 is 0 Å². The van der Waals surface area contributed by atoms with Gasteiger partial charge in [-0.25, -0.2) is 8.78 Å². The van der Waals surface area contributed by atoms with Crippen molar-refractivity contribution in [3.8, 4) is 0 Å². The Morgan fingerprint density at radius 2 is 2.21 bits per heavy atom. The molecule has 0 radical (unpaired) electrons. The SMILES string of the molecule is O=C(CCc1ccc(F)c(F)c1)NCc1noc(C2CCCO2)n1. The van der Waals surface area contributed by atoms with Crippen molar-refractivity contribution in [3.63, 3.8) is 0 Å². The lowest BCUT2D eigenvalue weighted by Gasteiger charge is -2.04. The summed E-state index contributed by atoms with van der Waals surface area (Å²) in [5.41, 5.74) is 0.560. The lowest BCUT2D eigenvalue weighted by Crippen LogP contribution is -2.23. The van der Waals surface area contributed by atoms with E-state index in [9.17, 15) is 13.6 Å². The van der Waals surface area contributed by atoms with Gasteiger partial charge in [0.25, 0.3) is 5.89 Å². The van der Waals surface area contributed by atoms with Gasteiger partial charge in [0, 0.05) is 13.0 Å². The van der Waals surface area contributed by atoms with E-state index in [4.69, 9.17) is 9.26 Å². The molecule has 1 atom stereocenters. The second-order valence-corrected chi connectivity index (χ2v) is 5.58. The Hall–Kier alpha value is -2.35. The first-order valence-electron chi connectivity index (χ1n) is 7.76. The summed E-state index contributed by atoms with van der Waals surface area (Å²) in [7, 11) is 0. The minimum Gasteiger partial charge on any atom is -0.368 e. The summed E-state index contributed by atoms with van der Waals surface area (Å²) in [5, 5.41) is 6.47. The molecule has 0 bridgehead atoms. The average molecular weight is 337 g/mol. The maximum Gasteiger partial charge on any atom is 0.255 e. The summed E-state index contributed by atoms with van der Waals surface area (Å²) >= 11 is 0. The van der Waals surface area contributed by atoms with Crippen molar-refractivity contribution < 1.29 is 22.8 Å². The number of nitrogens with zero attached hydrogens (tertiary/aromatic N) is 2. The van der Waals surface area contributed by atoms with Crippen LogP contribution in [-0.4, -0.2) is 22.7 Å². The highest BCUT2D eigenvalue weighted by atomic mass is 19.2. The number of hydrogen-bond acceptors (Lipinski definition) is 5. The molecule has 2 heterocycles. The minimum absolute atomic E-state index is 0.146. The van der Waals surface area contributed by atoms with Gasteiger partial charge < -0.3 is 14.6 Å². The standard InChI is InChI=1S/C16H17F2N3O3/c17-11-5-3-10(8-12(11)18)4-6-15(22)19-9-14-20-16(24-21-14)13-2-1-7-23-13/h3,5,8,13H,1-2,4,6-7,9H2,(H,19,22). The number of aromatic nitrogens is 2. The molecule has 0 aliphatic carbocycles. The second kappa shape index (κ2) is 7.48.